The summed E-state index contributed by atoms with van der Waals surface area (Å²) < 4.78 is 1.45. The van der Waals surface area contributed by atoms with Crippen LogP contribution in [-0.4, -0.2) is 33.3 Å². The number of aromatic nitrogens is 3. The van der Waals surface area contributed by atoms with Gasteiger partial charge < -0.3 is 11.1 Å². The Bertz CT molecular complexity index is 653. The van der Waals surface area contributed by atoms with E-state index in [-0.39, 0.29) is 24.3 Å². The molecule has 3 N–H and O–H groups in total. The molecule has 1 aromatic carbocycles. The van der Waals surface area contributed by atoms with Crippen molar-refractivity contribution in [1.82, 2.24) is 20.1 Å². The average Bonchev–Trinajstić information content (AvgIpc) is 2.81. The van der Waals surface area contributed by atoms with Gasteiger partial charge in [-0.15, -0.1) is 17.5 Å². The third-order valence-corrected chi connectivity index (χ3v) is 3.46. The smallest absolute Gasteiger partial charge is 0.291 e. The van der Waals surface area contributed by atoms with Crippen LogP contribution >= 0.6 is 35.6 Å². The van der Waals surface area contributed by atoms with Gasteiger partial charge in [-0.3, -0.25) is 4.79 Å². The summed E-state index contributed by atoms with van der Waals surface area (Å²) in [4.78, 5) is 16.1. The molecule has 0 aliphatic carbocycles. The van der Waals surface area contributed by atoms with E-state index < -0.39 is 5.91 Å². The lowest BCUT2D eigenvalue weighted by atomic mass is 10.3. The van der Waals surface area contributed by atoms with E-state index in [1.807, 2.05) is 0 Å². The molecule has 0 spiro atoms. The van der Waals surface area contributed by atoms with Crippen LogP contribution in [0.2, 0.25) is 10.0 Å². The van der Waals surface area contributed by atoms with Crippen LogP contribution in [0.1, 0.15) is 23.4 Å². The van der Waals surface area contributed by atoms with Crippen molar-refractivity contribution in [2.75, 3.05) is 6.54 Å². The minimum atomic E-state index is -0.391. The minimum absolute atomic E-state index is 0. The summed E-state index contributed by atoms with van der Waals surface area (Å²) in [6, 6.07) is 4.96. The van der Waals surface area contributed by atoms with E-state index in [0.29, 0.717) is 28.1 Å². The van der Waals surface area contributed by atoms with Crippen molar-refractivity contribution < 1.29 is 4.79 Å². The number of carbonyl (C=O) groups excluding carboxylic acids is 1. The van der Waals surface area contributed by atoms with Gasteiger partial charge in [-0.2, -0.15) is 0 Å². The number of aryl methyl sites for hydroxylation is 1. The maximum absolute atomic E-state index is 12.0. The van der Waals surface area contributed by atoms with E-state index >= 15 is 0 Å². The number of rotatable bonds is 4. The number of nitrogens with one attached hydrogen (secondary N) is 1. The van der Waals surface area contributed by atoms with E-state index in [9.17, 15) is 4.79 Å². The molecule has 1 heterocycles. The number of hydrogen-bond donors (Lipinski definition) is 2. The Balaban J connectivity index is 0.00000242. The Labute approximate surface area is 144 Å². The van der Waals surface area contributed by atoms with Gasteiger partial charge in [-0.1, -0.05) is 29.3 Å². The molecule has 0 saturated carbocycles. The Hall–Kier alpha value is -1.34. The van der Waals surface area contributed by atoms with Crippen LogP contribution in [0.15, 0.2) is 18.2 Å². The van der Waals surface area contributed by atoms with Crippen molar-refractivity contribution in [1.29, 1.82) is 0 Å². The second-order valence-electron chi connectivity index (χ2n) is 4.57. The summed E-state index contributed by atoms with van der Waals surface area (Å²) >= 11 is 12.3. The van der Waals surface area contributed by atoms with Crippen LogP contribution in [0.5, 0.6) is 0 Å². The largest absolute Gasteiger partial charge is 0.346 e. The highest BCUT2D eigenvalue weighted by molar-refractivity contribution is 6.37. The Kier molecular flexibility index (Phi) is 6.62. The molecule has 1 aromatic heterocycles. The number of nitrogens with two attached hydrogens (primary N) is 1. The predicted molar refractivity (Wildman–Crippen MR) is 89.3 cm³/mol. The van der Waals surface area contributed by atoms with Crippen LogP contribution < -0.4 is 11.1 Å². The zero-order valence-electron chi connectivity index (χ0n) is 12.0. The monoisotopic (exact) mass is 363 g/mol. The second-order valence-corrected chi connectivity index (χ2v) is 5.39. The van der Waals surface area contributed by atoms with Gasteiger partial charge in [0.1, 0.15) is 11.5 Å². The fourth-order valence-electron chi connectivity index (χ4n) is 1.74. The lowest BCUT2D eigenvalue weighted by Crippen LogP contribution is -2.38. The maximum Gasteiger partial charge on any atom is 0.291 e. The van der Waals surface area contributed by atoms with Crippen LogP contribution in [0.25, 0.3) is 5.69 Å². The van der Waals surface area contributed by atoms with Gasteiger partial charge in [0, 0.05) is 12.6 Å². The van der Waals surface area contributed by atoms with Gasteiger partial charge in [0.25, 0.3) is 5.91 Å². The topological polar surface area (TPSA) is 85.8 Å². The number of nitrogens with zero attached hydrogens (tertiary/aromatic N) is 3. The van der Waals surface area contributed by atoms with Gasteiger partial charge in [-0.05, 0) is 26.0 Å². The van der Waals surface area contributed by atoms with Crippen LogP contribution in [0.3, 0.4) is 0 Å². The lowest BCUT2D eigenvalue weighted by molar-refractivity contribution is 0.0931. The highest BCUT2D eigenvalue weighted by Gasteiger charge is 2.19. The first kappa shape index (κ1) is 18.7. The molecule has 120 valence electrons. The summed E-state index contributed by atoms with van der Waals surface area (Å²) in [5.74, 6) is 0.164. The Morgan fingerprint density at radius 1 is 1.41 bits per heavy atom. The molecule has 0 fully saturated rings. The molecule has 0 bridgehead atoms. The van der Waals surface area contributed by atoms with Crippen LogP contribution in [0, 0.1) is 6.92 Å². The number of carbonyl (C=O) groups is 1. The second kappa shape index (κ2) is 7.78. The van der Waals surface area contributed by atoms with Crippen molar-refractivity contribution >= 4 is 41.5 Å². The molecular weight excluding hydrogens is 349 g/mol. The lowest BCUT2D eigenvalue weighted by Gasteiger charge is -2.09. The Morgan fingerprint density at radius 2 is 2.00 bits per heavy atom. The average molecular weight is 365 g/mol. The van der Waals surface area contributed by atoms with Crippen molar-refractivity contribution in [2.24, 2.45) is 5.73 Å². The fourth-order valence-corrected chi connectivity index (χ4v) is 2.29. The molecule has 0 saturated heterocycles. The van der Waals surface area contributed by atoms with Gasteiger partial charge in [0.05, 0.1) is 10.0 Å². The highest BCUT2D eigenvalue weighted by Crippen LogP contribution is 2.28. The zero-order valence-corrected chi connectivity index (χ0v) is 14.3. The molecule has 22 heavy (non-hydrogen) atoms. The molecule has 0 unspecified atom stereocenters. The summed E-state index contributed by atoms with van der Waals surface area (Å²) in [6.45, 7) is 3.85. The first-order chi connectivity index (χ1) is 9.93. The molecule has 0 radical (unpaired) electrons. The molecular formula is C13H16Cl3N5O. The van der Waals surface area contributed by atoms with Gasteiger partial charge in [0.15, 0.2) is 0 Å². The van der Waals surface area contributed by atoms with Crippen LogP contribution in [0.4, 0.5) is 0 Å². The summed E-state index contributed by atoms with van der Waals surface area (Å²) in [6.07, 6.45) is 0. The molecule has 0 aliphatic heterocycles. The van der Waals surface area contributed by atoms with Crippen molar-refractivity contribution in [3.8, 4) is 5.69 Å². The van der Waals surface area contributed by atoms with Gasteiger partial charge in [-0.25, -0.2) is 9.67 Å². The summed E-state index contributed by atoms with van der Waals surface area (Å²) in [7, 11) is 0. The van der Waals surface area contributed by atoms with E-state index in [1.54, 1.807) is 32.0 Å². The molecule has 1 amide bonds. The minimum Gasteiger partial charge on any atom is -0.346 e. The normalized spacial score (nSPS) is 11.7. The molecule has 9 heteroatoms. The molecule has 2 aromatic rings. The third kappa shape index (κ3) is 3.89. The number of halogens is 3. The summed E-state index contributed by atoms with van der Waals surface area (Å²) in [5, 5.41) is 7.73. The van der Waals surface area contributed by atoms with Crippen molar-refractivity contribution in [3.63, 3.8) is 0 Å². The van der Waals surface area contributed by atoms with Crippen molar-refractivity contribution in [2.45, 2.75) is 19.9 Å². The van der Waals surface area contributed by atoms with Crippen LogP contribution in [-0.2, 0) is 0 Å². The van der Waals surface area contributed by atoms with E-state index in [1.165, 1.54) is 4.68 Å². The van der Waals surface area contributed by atoms with Gasteiger partial charge >= 0.3 is 0 Å². The van der Waals surface area contributed by atoms with Crippen molar-refractivity contribution in [3.05, 3.63) is 39.9 Å². The molecule has 6 nitrogen and oxygen atoms in total. The standard InChI is InChI=1S/C13H15Cl2N5O.ClH/c1-7(6-16)17-13(21)12-18-8(2)20(19-12)11-9(14)4-3-5-10(11)15;/h3-5,7H,6,16H2,1-2H3,(H,17,21);1H/t7-;/m0./s1. The number of hydrogen-bond acceptors (Lipinski definition) is 4. The first-order valence-electron chi connectivity index (χ1n) is 6.33. The Morgan fingerprint density at radius 3 is 2.55 bits per heavy atom. The SMILES string of the molecule is Cc1nc(C(=O)N[C@@H](C)CN)nn1-c1c(Cl)cccc1Cl.Cl. The number of benzene rings is 1. The van der Waals surface area contributed by atoms with E-state index in [4.69, 9.17) is 28.9 Å². The fraction of sp³-hybridized carbons (Fsp3) is 0.308. The predicted octanol–water partition coefficient (Wildman–Crippen LogP) is 2.38. The van der Waals surface area contributed by atoms with E-state index in [0.717, 1.165) is 0 Å². The number of amides is 1. The van der Waals surface area contributed by atoms with E-state index in [2.05, 4.69) is 15.4 Å². The first-order valence-corrected chi connectivity index (χ1v) is 7.08. The molecule has 1 atom stereocenters. The highest BCUT2D eigenvalue weighted by atomic mass is 35.5. The summed E-state index contributed by atoms with van der Waals surface area (Å²) in [5.41, 5.74) is 5.97. The molecule has 2 rings (SSSR count). The zero-order chi connectivity index (χ0) is 15.6. The molecule has 0 aliphatic rings. The quantitative estimate of drug-likeness (QED) is 0.872. The number of para-hydroxylation sites is 1. The third-order valence-electron chi connectivity index (χ3n) is 2.85. The van der Waals surface area contributed by atoms with Gasteiger partial charge in [0.2, 0.25) is 5.82 Å². The maximum atomic E-state index is 12.0.